The molecule has 0 saturated carbocycles. The number of nitrogens with zero attached hydrogens (tertiary/aromatic N) is 1. The molecule has 2 N–H and O–H groups in total. The summed E-state index contributed by atoms with van der Waals surface area (Å²) < 4.78 is 4.98. The second kappa shape index (κ2) is 3.54. The number of pyridine rings is 1. The van der Waals surface area contributed by atoms with Gasteiger partial charge in [0.1, 0.15) is 0 Å². The Morgan fingerprint density at radius 3 is 2.67 bits per heavy atom. The lowest BCUT2D eigenvalue weighted by atomic mass is 10.1. The van der Waals surface area contributed by atoms with Crippen LogP contribution in [0.1, 0.15) is 24.1 Å². The van der Waals surface area contributed by atoms with Gasteiger partial charge in [-0.15, -0.1) is 0 Å². The fourth-order valence-electron chi connectivity index (χ4n) is 1.13. The molecule has 0 amide bonds. The number of aryl methyl sites for hydroxylation is 1. The summed E-state index contributed by atoms with van der Waals surface area (Å²) in [5.74, 6) is 0.636. The van der Waals surface area contributed by atoms with E-state index in [1.54, 1.807) is 13.3 Å². The van der Waals surface area contributed by atoms with Crippen molar-refractivity contribution < 1.29 is 4.74 Å². The van der Waals surface area contributed by atoms with Crippen LogP contribution in [0.15, 0.2) is 12.3 Å². The van der Waals surface area contributed by atoms with Crippen molar-refractivity contribution in [2.75, 3.05) is 7.11 Å². The topological polar surface area (TPSA) is 48.1 Å². The molecule has 66 valence electrons. The highest BCUT2D eigenvalue weighted by Crippen LogP contribution is 2.17. The maximum Gasteiger partial charge on any atom is 0.213 e. The molecule has 12 heavy (non-hydrogen) atoms. The van der Waals surface area contributed by atoms with Gasteiger partial charge in [0.15, 0.2) is 0 Å². The first-order valence-electron chi connectivity index (χ1n) is 3.91. The van der Waals surface area contributed by atoms with Crippen molar-refractivity contribution in [1.29, 1.82) is 0 Å². The van der Waals surface area contributed by atoms with Crippen LogP contribution in [0.25, 0.3) is 0 Å². The monoisotopic (exact) mass is 166 g/mol. The van der Waals surface area contributed by atoms with E-state index in [4.69, 9.17) is 10.5 Å². The normalized spacial score (nSPS) is 12.7. The first-order valence-corrected chi connectivity index (χ1v) is 3.91. The van der Waals surface area contributed by atoms with Gasteiger partial charge in [0.25, 0.3) is 0 Å². The van der Waals surface area contributed by atoms with Gasteiger partial charge in [0.05, 0.1) is 7.11 Å². The smallest absolute Gasteiger partial charge is 0.213 e. The predicted octanol–water partition coefficient (Wildman–Crippen LogP) is 1.42. The molecule has 0 aliphatic heterocycles. The van der Waals surface area contributed by atoms with Crippen LogP contribution in [0.4, 0.5) is 0 Å². The van der Waals surface area contributed by atoms with E-state index in [9.17, 15) is 0 Å². The van der Waals surface area contributed by atoms with Crippen LogP contribution in [0.2, 0.25) is 0 Å². The summed E-state index contributed by atoms with van der Waals surface area (Å²) in [6.45, 7) is 3.94. The van der Waals surface area contributed by atoms with Gasteiger partial charge in [0, 0.05) is 18.3 Å². The fourth-order valence-corrected chi connectivity index (χ4v) is 1.13. The fraction of sp³-hybridized carbons (Fsp3) is 0.444. The second-order valence-electron chi connectivity index (χ2n) is 2.87. The minimum absolute atomic E-state index is 0.0309. The Morgan fingerprint density at radius 2 is 2.25 bits per heavy atom. The molecule has 1 heterocycles. The van der Waals surface area contributed by atoms with Crippen LogP contribution >= 0.6 is 0 Å². The summed E-state index contributed by atoms with van der Waals surface area (Å²) in [7, 11) is 1.60. The van der Waals surface area contributed by atoms with Crippen molar-refractivity contribution in [1.82, 2.24) is 4.98 Å². The molecule has 0 fully saturated rings. The molecule has 0 aliphatic rings. The van der Waals surface area contributed by atoms with E-state index in [0.29, 0.717) is 5.88 Å². The summed E-state index contributed by atoms with van der Waals surface area (Å²) in [4.78, 5) is 4.08. The Balaban J connectivity index is 3.03. The number of aromatic nitrogens is 1. The van der Waals surface area contributed by atoms with Gasteiger partial charge >= 0.3 is 0 Å². The molecule has 3 nitrogen and oxygen atoms in total. The van der Waals surface area contributed by atoms with Crippen LogP contribution in [-0.4, -0.2) is 12.1 Å². The number of nitrogens with two attached hydrogens (primary N) is 1. The summed E-state index contributed by atoms with van der Waals surface area (Å²) in [5.41, 5.74) is 7.91. The number of hydrogen-bond donors (Lipinski definition) is 1. The molecule has 1 rings (SSSR count). The highest BCUT2D eigenvalue weighted by atomic mass is 16.5. The Kier molecular flexibility index (Phi) is 2.65. The second-order valence-corrected chi connectivity index (χ2v) is 2.87. The Hall–Kier alpha value is -1.09. The van der Waals surface area contributed by atoms with E-state index in [2.05, 4.69) is 4.98 Å². The third-order valence-corrected chi connectivity index (χ3v) is 1.83. The van der Waals surface area contributed by atoms with Gasteiger partial charge in [-0.25, -0.2) is 4.98 Å². The largest absolute Gasteiger partial charge is 0.481 e. The van der Waals surface area contributed by atoms with Crippen molar-refractivity contribution >= 4 is 0 Å². The molecular formula is C9H14N2O. The van der Waals surface area contributed by atoms with E-state index < -0.39 is 0 Å². The summed E-state index contributed by atoms with van der Waals surface area (Å²) in [5, 5.41) is 0. The Morgan fingerprint density at radius 1 is 1.58 bits per heavy atom. The molecule has 0 aromatic carbocycles. The maximum atomic E-state index is 5.73. The van der Waals surface area contributed by atoms with Crippen molar-refractivity contribution in [3.63, 3.8) is 0 Å². The molecule has 0 saturated heterocycles. The van der Waals surface area contributed by atoms with E-state index in [-0.39, 0.29) is 6.04 Å². The average Bonchev–Trinajstić information content (AvgIpc) is 2.03. The molecule has 0 spiro atoms. The molecule has 0 aliphatic carbocycles. The molecule has 0 unspecified atom stereocenters. The minimum atomic E-state index is 0.0309. The van der Waals surface area contributed by atoms with Gasteiger partial charge in [0.2, 0.25) is 5.88 Å². The van der Waals surface area contributed by atoms with Gasteiger partial charge in [-0.1, -0.05) is 0 Å². The maximum absolute atomic E-state index is 5.73. The molecule has 3 heteroatoms. The Bertz CT molecular complexity index is 271. The summed E-state index contributed by atoms with van der Waals surface area (Å²) >= 11 is 0. The van der Waals surface area contributed by atoms with Crippen LogP contribution in [0.5, 0.6) is 5.88 Å². The van der Waals surface area contributed by atoms with Crippen LogP contribution in [0, 0.1) is 6.92 Å². The van der Waals surface area contributed by atoms with Gasteiger partial charge < -0.3 is 10.5 Å². The van der Waals surface area contributed by atoms with Crippen molar-refractivity contribution in [2.24, 2.45) is 5.73 Å². The molecule has 1 aromatic rings. The van der Waals surface area contributed by atoms with E-state index in [1.165, 1.54) is 0 Å². The van der Waals surface area contributed by atoms with Crippen LogP contribution in [-0.2, 0) is 0 Å². The SMILES string of the molecule is COc1cc(C)c([C@H](C)N)cn1. The van der Waals surface area contributed by atoms with Gasteiger partial charge in [-0.3, -0.25) is 0 Å². The third-order valence-electron chi connectivity index (χ3n) is 1.83. The Labute approximate surface area is 72.6 Å². The zero-order valence-corrected chi connectivity index (χ0v) is 7.66. The standard InChI is InChI=1S/C9H14N2O/c1-6-4-9(12-3)11-5-8(6)7(2)10/h4-5,7H,10H2,1-3H3/t7-/m0/s1. The van der Waals surface area contributed by atoms with Crippen molar-refractivity contribution in [3.8, 4) is 5.88 Å². The highest BCUT2D eigenvalue weighted by molar-refractivity contribution is 5.29. The van der Waals surface area contributed by atoms with Crippen molar-refractivity contribution in [2.45, 2.75) is 19.9 Å². The number of methoxy groups -OCH3 is 1. The van der Waals surface area contributed by atoms with Crippen molar-refractivity contribution in [3.05, 3.63) is 23.4 Å². The zero-order chi connectivity index (χ0) is 9.14. The summed E-state index contributed by atoms with van der Waals surface area (Å²) in [6, 6.07) is 1.92. The third kappa shape index (κ3) is 1.74. The van der Waals surface area contributed by atoms with E-state index in [0.717, 1.165) is 11.1 Å². The number of hydrogen-bond acceptors (Lipinski definition) is 3. The summed E-state index contributed by atoms with van der Waals surface area (Å²) in [6.07, 6.45) is 1.76. The molecule has 0 bridgehead atoms. The quantitative estimate of drug-likeness (QED) is 0.722. The van der Waals surface area contributed by atoms with Gasteiger partial charge in [-0.05, 0) is 25.0 Å². The van der Waals surface area contributed by atoms with Gasteiger partial charge in [-0.2, -0.15) is 0 Å². The molecule has 1 atom stereocenters. The molecular weight excluding hydrogens is 152 g/mol. The zero-order valence-electron chi connectivity index (χ0n) is 7.66. The number of rotatable bonds is 2. The molecule has 1 aromatic heterocycles. The van der Waals surface area contributed by atoms with Crippen LogP contribution in [0.3, 0.4) is 0 Å². The van der Waals surface area contributed by atoms with Crippen LogP contribution < -0.4 is 10.5 Å². The number of ether oxygens (including phenoxy) is 1. The first-order chi connectivity index (χ1) is 5.65. The lowest BCUT2D eigenvalue weighted by molar-refractivity contribution is 0.397. The van der Waals surface area contributed by atoms with E-state index in [1.807, 2.05) is 19.9 Å². The molecule has 0 radical (unpaired) electrons. The minimum Gasteiger partial charge on any atom is -0.481 e. The highest BCUT2D eigenvalue weighted by Gasteiger charge is 2.04. The predicted molar refractivity (Wildman–Crippen MR) is 48.1 cm³/mol. The van der Waals surface area contributed by atoms with E-state index >= 15 is 0 Å². The lowest BCUT2D eigenvalue weighted by Crippen LogP contribution is -2.07. The average molecular weight is 166 g/mol. The first kappa shape index (κ1) is 9.00. The lowest BCUT2D eigenvalue weighted by Gasteiger charge is -2.09.